The van der Waals surface area contributed by atoms with Crippen LogP contribution in [-0.2, 0) is 6.42 Å². The maximum atomic E-state index is 5.45. The highest BCUT2D eigenvalue weighted by Crippen LogP contribution is 2.32. The summed E-state index contributed by atoms with van der Waals surface area (Å²) in [4.78, 5) is 8.39. The number of nitrogens with one attached hydrogen (secondary N) is 1. The van der Waals surface area contributed by atoms with Crippen molar-refractivity contribution in [1.82, 2.24) is 20.2 Å². The van der Waals surface area contributed by atoms with E-state index in [-0.39, 0.29) is 0 Å². The van der Waals surface area contributed by atoms with Crippen molar-refractivity contribution in [3.63, 3.8) is 0 Å². The lowest BCUT2D eigenvalue weighted by molar-refractivity contribution is 0.855. The van der Waals surface area contributed by atoms with Gasteiger partial charge in [0.25, 0.3) is 0 Å². The lowest BCUT2D eigenvalue weighted by atomic mass is 10.2. The molecule has 0 atom stereocenters. The van der Waals surface area contributed by atoms with E-state index < -0.39 is 0 Å². The molecule has 2 rings (SSSR count). The first-order chi connectivity index (χ1) is 8.35. The van der Waals surface area contributed by atoms with E-state index in [4.69, 9.17) is 5.84 Å². The van der Waals surface area contributed by atoms with Gasteiger partial charge in [0.05, 0.1) is 0 Å². The predicted octanol–water partition coefficient (Wildman–Crippen LogP) is 1.72. The Balaban J connectivity index is 2.31. The normalized spacial score (nSPS) is 10.5. The molecule has 3 N–H and O–H groups in total. The second kappa shape index (κ2) is 5.89. The van der Waals surface area contributed by atoms with Gasteiger partial charge in [-0.05, 0) is 18.2 Å². The monoisotopic (exact) mass is 268 g/mol. The molecule has 6 nitrogen and oxygen atoms in total. The van der Waals surface area contributed by atoms with Crippen molar-refractivity contribution in [2.75, 3.05) is 5.43 Å². The predicted molar refractivity (Wildman–Crippen MR) is 67.9 cm³/mol. The Morgan fingerprint density at radius 3 is 3.00 bits per heavy atom. The molecule has 0 saturated heterocycles. The fourth-order valence-electron chi connectivity index (χ4n) is 1.37. The molecule has 17 heavy (non-hydrogen) atoms. The maximum Gasteiger partial charge on any atom is 0.180 e. The van der Waals surface area contributed by atoms with Crippen LogP contribution in [0.5, 0.6) is 0 Å². The van der Waals surface area contributed by atoms with Gasteiger partial charge in [-0.25, -0.2) is 15.8 Å². The first-order valence-electron chi connectivity index (χ1n) is 5.09. The van der Waals surface area contributed by atoms with Crippen molar-refractivity contribution in [1.29, 1.82) is 0 Å². The van der Waals surface area contributed by atoms with E-state index in [2.05, 4.69) is 32.5 Å². The van der Waals surface area contributed by atoms with E-state index in [1.165, 1.54) is 29.4 Å². The van der Waals surface area contributed by atoms with Crippen LogP contribution in [0.4, 0.5) is 5.82 Å². The second-order valence-corrected chi connectivity index (χ2v) is 5.28. The molecule has 90 valence electrons. The Hall–Kier alpha value is -1.25. The SMILES string of the molecule is CCCc1c(NN)ncnc1Sc1nncs1. The van der Waals surface area contributed by atoms with Crippen molar-refractivity contribution in [2.24, 2.45) is 5.84 Å². The molecule has 0 fully saturated rings. The smallest absolute Gasteiger partial charge is 0.180 e. The minimum Gasteiger partial charge on any atom is -0.308 e. The number of hydrazine groups is 1. The van der Waals surface area contributed by atoms with E-state index in [0.29, 0.717) is 5.82 Å². The Morgan fingerprint density at radius 2 is 2.35 bits per heavy atom. The summed E-state index contributed by atoms with van der Waals surface area (Å²) in [5.74, 6) is 6.12. The molecule has 0 aromatic carbocycles. The quantitative estimate of drug-likeness (QED) is 0.484. The fraction of sp³-hybridized carbons (Fsp3) is 0.333. The first kappa shape index (κ1) is 12.2. The summed E-state index contributed by atoms with van der Waals surface area (Å²) in [7, 11) is 0. The van der Waals surface area contributed by atoms with Crippen molar-refractivity contribution in [3.8, 4) is 0 Å². The van der Waals surface area contributed by atoms with E-state index in [0.717, 1.165) is 27.8 Å². The molecule has 0 unspecified atom stereocenters. The third-order valence-electron chi connectivity index (χ3n) is 2.07. The highest BCUT2D eigenvalue weighted by atomic mass is 32.2. The summed E-state index contributed by atoms with van der Waals surface area (Å²) in [6.07, 6.45) is 3.38. The Bertz CT molecular complexity index is 472. The van der Waals surface area contributed by atoms with Crippen molar-refractivity contribution in [3.05, 3.63) is 17.4 Å². The average Bonchev–Trinajstić information content (AvgIpc) is 2.84. The highest BCUT2D eigenvalue weighted by Gasteiger charge is 2.12. The van der Waals surface area contributed by atoms with Crippen LogP contribution in [0.3, 0.4) is 0 Å². The molecule has 2 aromatic rings. The molecular formula is C9H12N6S2. The van der Waals surface area contributed by atoms with Crippen molar-refractivity contribution >= 4 is 28.9 Å². The topological polar surface area (TPSA) is 89.6 Å². The minimum absolute atomic E-state index is 0.675. The standard InChI is InChI=1S/C9H12N6S2/c1-2-3-6-7(14-10)11-4-12-8(6)17-9-15-13-5-16-9/h4-5H,2-3,10H2,1H3,(H,11,12,14). The maximum absolute atomic E-state index is 5.45. The van der Waals surface area contributed by atoms with Gasteiger partial charge in [0.1, 0.15) is 22.7 Å². The second-order valence-electron chi connectivity index (χ2n) is 3.21. The van der Waals surface area contributed by atoms with E-state index >= 15 is 0 Å². The van der Waals surface area contributed by atoms with Gasteiger partial charge in [-0.3, -0.25) is 0 Å². The summed E-state index contributed by atoms with van der Waals surface area (Å²) in [6, 6.07) is 0. The van der Waals surface area contributed by atoms with Gasteiger partial charge in [-0.1, -0.05) is 24.7 Å². The Kier molecular flexibility index (Phi) is 4.24. The van der Waals surface area contributed by atoms with Crippen LogP contribution in [0.15, 0.2) is 21.2 Å². The Labute approximate surface area is 107 Å². The van der Waals surface area contributed by atoms with Crippen molar-refractivity contribution in [2.45, 2.75) is 29.1 Å². The number of nitrogens with two attached hydrogens (primary N) is 1. The summed E-state index contributed by atoms with van der Waals surface area (Å²) in [5, 5.41) is 8.67. The summed E-state index contributed by atoms with van der Waals surface area (Å²) >= 11 is 2.98. The van der Waals surface area contributed by atoms with Crippen LogP contribution in [0.25, 0.3) is 0 Å². The lowest BCUT2D eigenvalue weighted by Gasteiger charge is -2.09. The fourth-order valence-corrected chi connectivity index (χ4v) is 2.89. The zero-order valence-electron chi connectivity index (χ0n) is 9.25. The highest BCUT2D eigenvalue weighted by molar-refractivity contribution is 8.01. The van der Waals surface area contributed by atoms with Gasteiger partial charge in [0, 0.05) is 5.56 Å². The molecule has 8 heteroatoms. The summed E-state index contributed by atoms with van der Waals surface area (Å²) < 4.78 is 0.865. The van der Waals surface area contributed by atoms with Gasteiger partial charge >= 0.3 is 0 Å². The number of nitrogens with zero attached hydrogens (tertiary/aromatic N) is 4. The van der Waals surface area contributed by atoms with Gasteiger partial charge < -0.3 is 5.43 Å². The third-order valence-corrected chi connectivity index (χ3v) is 3.89. The number of hydrogen-bond donors (Lipinski definition) is 2. The Morgan fingerprint density at radius 1 is 1.47 bits per heavy atom. The summed E-state index contributed by atoms with van der Waals surface area (Å²) in [6.45, 7) is 2.10. The van der Waals surface area contributed by atoms with Crippen LogP contribution in [0.2, 0.25) is 0 Å². The summed E-state index contributed by atoms with van der Waals surface area (Å²) in [5.41, 5.74) is 5.33. The van der Waals surface area contributed by atoms with Gasteiger partial charge in [-0.15, -0.1) is 10.2 Å². The number of rotatable bonds is 5. The van der Waals surface area contributed by atoms with Crippen LogP contribution in [-0.4, -0.2) is 20.2 Å². The molecule has 0 aliphatic heterocycles. The molecule has 0 aliphatic carbocycles. The minimum atomic E-state index is 0.675. The number of hydrogen-bond acceptors (Lipinski definition) is 8. The zero-order chi connectivity index (χ0) is 12.1. The van der Waals surface area contributed by atoms with Crippen LogP contribution < -0.4 is 11.3 Å². The molecule has 2 aromatic heterocycles. The molecule has 0 radical (unpaired) electrons. The van der Waals surface area contributed by atoms with Crippen LogP contribution >= 0.6 is 23.1 Å². The largest absolute Gasteiger partial charge is 0.308 e. The molecule has 0 spiro atoms. The van der Waals surface area contributed by atoms with Crippen LogP contribution in [0.1, 0.15) is 18.9 Å². The lowest BCUT2D eigenvalue weighted by Crippen LogP contribution is -2.12. The van der Waals surface area contributed by atoms with Gasteiger partial charge in [0.2, 0.25) is 0 Å². The van der Waals surface area contributed by atoms with Crippen molar-refractivity contribution < 1.29 is 0 Å². The molecular weight excluding hydrogens is 256 g/mol. The number of aromatic nitrogens is 4. The van der Waals surface area contributed by atoms with E-state index in [9.17, 15) is 0 Å². The molecule has 0 amide bonds. The zero-order valence-corrected chi connectivity index (χ0v) is 10.9. The number of nitrogen functional groups attached to an aromatic ring is 1. The average molecular weight is 268 g/mol. The molecule has 2 heterocycles. The molecule has 0 aliphatic rings. The van der Waals surface area contributed by atoms with E-state index in [1.54, 1.807) is 5.51 Å². The van der Waals surface area contributed by atoms with Crippen LogP contribution in [0, 0.1) is 0 Å². The van der Waals surface area contributed by atoms with E-state index in [1.807, 2.05) is 0 Å². The van der Waals surface area contributed by atoms with Gasteiger partial charge in [0.15, 0.2) is 4.34 Å². The molecule has 0 bridgehead atoms. The first-order valence-corrected chi connectivity index (χ1v) is 6.79. The van der Waals surface area contributed by atoms with Gasteiger partial charge in [-0.2, -0.15) is 0 Å². The number of anilines is 1. The third kappa shape index (κ3) is 2.90. The molecule has 0 saturated carbocycles.